The monoisotopic (exact) mass is 406 g/mol. The minimum Gasteiger partial charge on any atom is -0.496 e. The van der Waals surface area contributed by atoms with Crippen LogP contribution in [0, 0.1) is 6.92 Å². The van der Waals surface area contributed by atoms with Crippen molar-refractivity contribution in [3.63, 3.8) is 0 Å². The lowest BCUT2D eigenvalue weighted by Gasteiger charge is -2.14. The quantitative estimate of drug-likeness (QED) is 0.352. The maximum Gasteiger partial charge on any atom is 0.351 e. The zero-order chi connectivity index (χ0) is 21.3. The van der Waals surface area contributed by atoms with E-state index in [0.29, 0.717) is 34.1 Å². The zero-order valence-electron chi connectivity index (χ0n) is 16.6. The van der Waals surface area contributed by atoms with Gasteiger partial charge in [-0.05, 0) is 43.3 Å². The van der Waals surface area contributed by atoms with Gasteiger partial charge in [0.1, 0.15) is 34.3 Å². The number of furan rings is 1. The van der Waals surface area contributed by atoms with Crippen LogP contribution in [-0.2, 0) is 0 Å². The molecule has 0 bridgehead atoms. The molecule has 1 aromatic heterocycles. The first-order valence-corrected chi connectivity index (χ1v) is 9.08. The lowest BCUT2D eigenvalue weighted by Crippen LogP contribution is -2.12. The zero-order valence-corrected chi connectivity index (χ0v) is 16.6. The van der Waals surface area contributed by atoms with E-state index in [1.807, 2.05) is 0 Å². The van der Waals surface area contributed by atoms with Crippen LogP contribution in [0.15, 0.2) is 58.9 Å². The molecule has 3 aromatic rings. The number of hydrogen-bond acceptors (Lipinski definition) is 7. The average molecular weight is 406 g/mol. The SMILES string of the molecule is COc1cccc(OC)c1C(=O)Oc1ccc2c(c1C)OC(=Cc1ccco1)C2=O. The van der Waals surface area contributed by atoms with Gasteiger partial charge in [0.15, 0.2) is 5.76 Å². The van der Waals surface area contributed by atoms with Crippen molar-refractivity contribution < 1.29 is 33.0 Å². The van der Waals surface area contributed by atoms with Crippen molar-refractivity contribution in [3.8, 4) is 23.0 Å². The molecule has 30 heavy (non-hydrogen) atoms. The van der Waals surface area contributed by atoms with E-state index >= 15 is 0 Å². The minimum atomic E-state index is -0.650. The van der Waals surface area contributed by atoms with Crippen molar-refractivity contribution in [2.75, 3.05) is 14.2 Å². The summed E-state index contributed by atoms with van der Waals surface area (Å²) in [5, 5.41) is 0. The normalized spacial score (nSPS) is 13.7. The smallest absolute Gasteiger partial charge is 0.351 e. The van der Waals surface area contributed by atoms with Gasteiger partial charge in [-0.3, -0.25) is 4.79 Å². The molecule has 7 heteroatoms. The van der Waals surface area contributed by atoms with E-state index in [9.17, 15) is 9.59 Å². The number of methoxy groups -OCH3 is 2. The number of esters is 1. The summed E-state index contributed by atoms with van der Waals surface area (Å²) in [4.78, 5) is 25.5. The summed E-state index contributed by atoms with van der Waals surface area (Å²) in [6, 6.07) is 11.5. The number of ether oxygens (including phenoxy) is 4. The van der Waals surface area contributed by atoms with E-state index < -0.39 is 5.97 Å². The summed E-state index contributed by atoms with van der Waals surface area (Å²) >= 11 is 0. The highest BCUT2D eigenvalue weighted by Crippen LogP contribution is 2.40. The molecule has 0 N–H and O–H groups in total. The van der Waals surface area contributed by atoms with E-state index in [2.05, 4.69) is 0 Å². The van der Waals surface area contributed by atoms with E-state index in [4.69, 9.17) is 23.4 Å². The van der Waals surface area contributed by atoms with E-state index in [1.165, 1.54) is 26.6 Å². The molecule has 0 radical (unpaired) electrons. The van der Waals surface area contributed by atoms with Gasteiger partial charge in [-0.25, -0.2) is 4.79 Å². The fourth-order valence-corrected chi connectivity index (χ4v) is 3.18. The number of carbonyl (C=O) groups is 2. The molecule has 0 spiro atoms. The lowest BCUT2D eigenvalue weighted by molar-refractivity contribution is 0.0726. The molecule has 0 saturated heterocycles. The Morgan fingerprint density at radius 2 is 1.70 bits per heavy atom. The third-order valence-corrected chi connectivity index (χ3v) is 4.69. The minimum absolute atomic E-state index is 0.137. The summed E-state index contributed by atoms with van der Waals surface area (Å²) in [5.41, 5.74) is 1.07. The molecule has 7 nitrogen and oxygen atoms in total. The van der Waals surface area contributed by atoms with E-state index in [1.54, 1.807) is 49.4 Å². The molecule has 0 aliphatic carbocycles. The fraction of sp³-hybridized carbons (Fsp3) is 0.130. The first-order valence-electron chi connectivity index (χ1n) is 9.08. The van der Waals surface area contributed by atoms with Gasteiger partial charge >= 0.3 is 5.97 Å². The van der Waals surface area contributed by atoms with Gasteiger partial charge in [0.25, 0.3) is 0 Å². The average Bonchev–Trinajstić information content (AvgIpc) is 3.38. The molecule has 2 aromatic carbocycles. The van der Waals surface area contributed by atoms with Crippen LogP contribution in [0.5, 0.6) is 23.0 Å². The first-order chi connectivity index (χ1) is 14.5. The second kappa shape index (κ2) is 7.79. The molecule has 0 amide bonds. The van der Waals surface area contributed by atoms with Crippen molar-refractivity contribution in [3.05, 3.63) is 76.9 Å². The molecule has 0 atom stereocenters. The lowest BCUT2D eigenvalue weighted by atomic mass is 10.1. The summed E-state index contributed by atoms with van der Waals surface area (Å²) in [6.07, 6.45) is 3.03. The molecule has 0 saturated carbocycles. The molecule has 1 aliphatic heterocycles. The topological polar surface area (TPSA) is 84.2 Å². The standard InChI is InChI=1S/C23H18O7/c1-13-16(30-23(25)20-17(26-2)7-4-8-18(20)27-3)10-9-15-21(24)19(29-22(13)15)12-14-6-5-11-28-14/h4-12H,1-3H3. The number of benzene rings is 2. The Labute approximate surface area is 172 Å². The molecule has 2 heterocycles. The van der Waals surface area contributed by atoms with E-state index in [-0.39, 0.29) is 22.9 Å². The Balaban J connectivity index is 1.65. The molecular weight excluding hydrogens is 388 g/mol. The Morgan fingerprint density at radius 1 is 0.967 bits per heavy atom. The van der Waals surface area contributed by atoms with Crippen LogP contribution >= 0.6 is 0 Å². The fourth-order valence-electron chi connectivity index (χ4n) is 3.18. The van der Waals surface area contributed by atoms with Crippen molar-refractivity contribution in [1.29, 1.82) is 0 Å². The second-order valence-corrected chi connectivity index (χ2v) is 6.45. The van der Waals surface area contributed by atoms with Gasteiger partial charge in [-0.15, -0.1) is 0 Å². The Kier molecular flexibility index (Phi) is 5.02. The third kappa shape index (κ3) is 3.30. The van der Waals surface area contributed by atoms with Crippen LogP contribution in [-0.4, -0.2) is 26.0 Å². The number of carbonyl (C=O) groups excluding carboxylic acids is 2. The van der Waals surface area contributed by atoms with Crippen LogP contribution in [0.3, 0.4) is 0 Å². The highest BCUT2D eigenvalue weighted by atomic mass is 16.5. The maximum atomic E-state index is 12.9. The summed E-state index contributed by atoms with van der Waals surface area (Å²) < 4.78 is 27.1. The van der Waals surface area contributed by atoms with Gasteiger partial charge in [-0.1, -0.05) is 6.07 Å². The van der Waals surface area contributed by atoms with Crippen molar-refractivity contribution in [2.24, 2.45) is 0 Å². The van der Waals surface area contributed by atoms with Crippen molar-refractivity contribution in [2.45, 2.75) is 6.92 Å². The highest BCUT2D eigenvalue weighted by molar-refractivity contribution is 6.14. The van der Waals surface area contributed by atoms with Gasteiger partial charge < -0.3 is 23.4 Å². The number of allylic oxidation sites excluding steroid dienone is 1. The van der Waals surface area contributed by atoms with Crippen LogP contribution in [0.1, 0.15) is 32.0 Å². The highest BCUT2D eigenvalue weighted by Gasteiger charge is 2.31. The Bertz CT molecular complexity index is 1130. The van der Waals surface area contributed by atoms with Gasteiger partial charge in [0, 0.05) is 11.6 Å². The van der Waals surface area contributed by atoms with Crippen LogP contribution < -0.4 is 18.9 Å². The van der Waals surface area contributed by atoms with Gasteiger partial charge in [0.05, 0.1) is 26.0 Å². The number of ketones is 1. The Morgan fingerprint density at radius 3 is 2.33 bits per heavy atom. The van der Waals surface area contributed by atoms with Crippen LogP contribution in [0.25, 0.3) is 6.08 Å². The van der Waals surface area contributed by atoms with Gasteiger partial charge in [-0.2, -0.15) is 0 Å². The largest absolute Gasteiger partial charge is 0.496 e. The van der Waals surface area contributed by atoms with Crippen LogP contribution in [0.2, 0.25) is 0 Å². The number of hydrogen-bond donors (Lipinski definition) is 0. The molecular formula is C23H18O7. The first kappa shape index (κ1) is 19.3. The summed E-state index contributed by atoms with van der Waals surface area (Å²) in [6.45, 7) is 1.71. The van der Waals surface area contributed by atoms with Gasteiger partial charge in [0.2, 0.25) is 5.78 Å². The predicted octanol–water partition coefficient (Wildman–Crippen LogP) is 4.44. The van der Waals surface area contributed by atoms with E-state index in [0.717, 1.165) is 0 Å². The summed E-state index contributed by atoms with van der Waals surface area (Å²) in [5.74, 6) is 0.976. The van der Waals surface area contributed by atoms with Crippen molar-refractivity contribution >= 4 is 17.8 Å². The molecule has 4 rings (SSSR count). The Hall–Kier alpha value is -4.00. The number of Topliss-reactive ketones (excluding diaryl/α,β-unsaturated/α-hetero) is 1. The molecule has 0 unspecified atom stereocenters. The predicted molar refractivity (Wildman–Crippen MR) is 107 cm³/mol. The van der Waals surface area contributed by atoms with Crippen LogP contribution in [0.4, 0.5) is 0 Å². The summed E-state index contributed by atoms with van der Waals surface area (Å²) in [7, 11) is 2.91. The molecule has 0 fully saturated rings. The molecule has 152 valence electrons. The number of rotatable bonds is 5. The van der Waals surface area contributed by atoms with Crippen molar-refractivity contribution in [1.82, 2.24) is 0 Å². The maximum absolute atomic E-state index is 12.9. The molecule has 1 aliphatic rings. The number of fused-ring (bicyclic) bond motifs is 1. The second-order valence-electron chi connectivity index (χ2n) is 6.45. The third-order valence-electron chi connectivity index (χ3n) is 4.69.